The Hall–Kier alpha value is -3.42. The van der Waals surface area contributed by atoms with Crippen LogP contribution in [-0.4, -0.2) is 34.5 Å². The molecule has 0 spiro atoms. The van der Waals surface area contributed by atoms with E-state index in [1.165, 1.54) is 4.90 Å². The van der Waals surface area contributed by atoms with Gasteiger partial charge in [0.15, 0.2) is 5.11 Å². The van der Waals surface area contributed by atoms with Gasteiger partial charge >= 0.3 is 0 Å². The summed E-state index contributed by atoms with van der Waals surface area (Å²) < 4.78 is 5.59. The standard InChI is InChI=1S/C27H26ClN3O3S/c1-2-16-34-23-14-10-21(11-15-23)29-25(32)17-24-26(33)31(22-12-8-20(28)9-13-22)27(35)30(24)18-19-6-4-3-5-7-19/h3-15,24H,2,16-18H2,1H3,(H,29,32)/t24-/m1/s1. The largest absolute Gasteiger partial charge is 0.494 e. The molecule has 1 saturated heterocycles. The molecule has 6 nitrogen and oxygen atoms in total. The number of hydrogen-bond donors (Lipinski definition) is 1. The first-order valence-electron chi connectivity index (χ1n) is 11.4. The van der Waals surface area contributed by atoms with Crippen LogP contribution in [0.3, 0.4) is 0 Å². The maximum absolute atomic E-state index is 13.5. The minimum Gasteiger partial charge on any atom is -0.494 e. The fraction of sp³-hybridized carbons (Fsp3) is 0.222. The van der Waals surface area contributed by atoms with Crippen molar-refractivity contribution >= 4 is 52.1 Å². The first-order valence-corrected chi connectivity index (χ1v) is 12.2. The van der Waals surface area contributed by atoms with Crippen LogP contribution in [-0.2, 0) is 16.1 Å². The van der Waals surface area contributed by atoms with Gasteiger partial charge in [-0.15, -0.1) is 0 Å². The molecule has 1 fully saturated rings. The number of nitrogens with zero attached hydrogens (tertiary/aromatic N) is 2. The highest BCUT2D eigenvalue weighted by Gasteiger charge is 2.44. The maximum atomic E-state index is 13.5. The number of amides is 2. The highest BCUT2D eigenvalue weighted by molar-refractivity contribution is 7.80. The van der Waals surface area contributed by atoms with E-state index < -0.39 is 6.04 Å². The van der Waals surface area contributed by atoms with Gasteiger partial charge in [0.25, 0.3) is 5.91 Å². The van der Waals surface area contributed by atoms with E-state index in [0.717, 1.165) is 17.7 Å². The number of hydrogen-bond acceptors (Lipinski definition) is 4. The van der Waals surface area contributed by atoms with Gasteiger partial charge in [-0.3, -0.25) is 14.5 Å². The molecular formula is C27H26ClN3O3S. The van der Waals surface area contributed by atoms with Crippen LogP contribution in [0.4, 0.5) is 11.4 Å². The Morgan fingerprint density at radius 2 is 1.71 bits per heavy atom. The summed E-state index contributed by atoms with van der Waals surface area (Å²) >= 11 is 11.7. The lowest BCUT2D eigenvalue weighted by Gasteiger charge is -2.24. The average molecular weight is 508 g/mol. The van der Waals surface area contributed by atoms with E-state index in [9.17, 15) is 9.59 Å². The van der Waals surface area contributed by atoms with Gasteiger partial charge in [0.1, 0.15) is 11.8 Å². The highest BCUT2D eigenvalue weighted by Crippen LogP contribution is 2.30. The van der Waals surface area contributed by atoms with E-state index in [0.29, 0.717) is 34.7 Å². The Balaban J connectivity index is 1.52. The molecule has 3 aromatic carbocycles. The molecule has 8 heteroatoms. The summed E-state index contributed by atoms with van der Waals surface area (Å²) in [6.45, 7) is 3.09. The Morgan fingerprint density at radius 3 is 2.37 bits per heavy atom. The topological polar surface area (TPSA) is 61.9 Å². The lowest BCUT2D eigenvalue weighted by atomic mass is 10.1. The predicted molar refractivity (Wildman–Crippen MR) is 143 cm³/mol. The van der Waals surface area contributed by atoms with Crippen molar-refractivity contribution in [3.05, 3.63) is 89.4 Å². The van der Waals surface area contributed by atoms with Crippen LogP contribution in [0.15, 0.2) is 78.9 Å². The molecule has 0 unspecified atom stereocenters. The zero-order valence-corrected chi connectivity index (χ0v) is 20.9. The van der Waals surface area contributed by atoms with Crippen molar-refractivity contribution in [2.45, 2.75) is 32.4 Å². The van der Waals surface area contributed by atoms with Gasteiger partial charge in [-0.1, -0.05) is 48.9 Å². The van der Waals surface area contributed by atoms with Crippen LogP contribution in [0.1, 0.15) is 25.3 Å². The van der Waals surface area contributed by atoms with Crippen molar-refractivity contribution in [1.82, 2.24) is 4.90 Å². The normalized spacial score (nSPS) is 15.4. The quantitative estimate of drug-likeness (QED) is 0.379. The Kier molecular flexibility index (Phi) is 8.00. The van der Waals surface area contributed by atoms with Crippen molar-refractivity contribution in [3.63, 3.8) is 0 Å². The minimum atomic E-state index is -0.731. The molecule has 2 amide bonds. The summed E-state index contributed by atoms with van der Waals surface area (Å²) in [5.41, 5.74) is 2.25. The summed E-state index contributed by atoms with van der Waals surface area (Å²) in [4.78, 5) is 29.8. The molecular weight excluding hydrogens is 482 g/mol. The third-order valence-corrected chi connectivity index (χ3v) is 6.26. The van der Waals surface area contributed by atoms with Gasteiger partial charge in [-0.2, -0.15) is 0 Å². The second-order valence-corrected chi connectivity index (χ2v) is 8.99. The fourth-order valence-electron chi connectivity index (χ4n) is 3.86. The average Bonchev–Trinajstić information content (AvgIpc) is 3.08. The zero-order chi connectivity index (χ0) is 24.8. The molecule has 35 heavy (non-hydrogen) atoms. The molecule has 0 radical (unpaired) electrons. The van der Waals surface area contributed by atoms with Crippen LogP contribution < -0.4 is 15.0 Å². The smallest absolute Gasteiger partial charge is 0.256 e. The van der Waals surface area contributed by atoms with Crippen molar-refractivity contribution in [2.75, 3.05) is 16.8 Å². The summed E-state index contributed by atoms with van der Waals surface area (Å²) in [7, 11) is 0. The third kappa shape index (κ3) is 5.99. The van der Waals surface area contributed by atoms with Crippen LogP contribution in [0.25, 0.3) is 0 Å². The Morgan fingerprint density at radius 1 is 1.03 bits per heavy atom. The van der Waals surface area contributed by atoms with Crippen LogP contribution in [0.5, 0.6) is 5.75 Å². The van der Waals surface area contributed by atoms with E-state index in [4.69, 9.17) is 28.6 Å². The first-order chi connectivity index (χ1) is 17.0. The molecule has 0 aromatic heterocycles. The van der Waals surface area contributed by atoms with Gasteiger partial charge in [-0.05, 0) is 72.7 Å². The molecule has 1 aliphatic rings. The van der Waals surface area contributed by atoms with E-state index in [1.54, 1.807) is 36.4 Å². The number of nitrogens with one attached hydrogen (secondary N) is 1. The van der Waals surface area contributed by atoms with Crippen molar-refractivity contribution in [2.24, 2.45) is 0 Å². The van der Waals surface area contributed by atoms with Gasteiger partial charge < -0.3 is 15.0 Å². The van der Waals surface area contributed by atoms with E-state index >= 15 is 0 Å². The van der Waals surface area contributed by atoms with Gasteiger partial charge in [0.05, 0.1) is 18.7 Å². The second-order valence-electron chi connectivity index (χ2n) is 8.19. The number of rotatable bonds is 9. The number of carbonyl (C=O) groups excluding carboxylic acids is 2. The van der Waals surface area contributed by atoms with Crippen molar-refractivity contribution in [3.8, 4) is 5.75 Å². The van der Waals surface area contributed by atoms with Crippen molar-refractivity contribution < 1.29 is 14.3 Å². The second kappa shape index (κ2) is 11.3. The third-order valence-electron chi connectivity index (χ3n) is 5.59. The number of benzene rings is 3. The van der Waals surface area contributed by atoms with Gasteiger partial charge in [0, 0.05) is 17.3 Å². The number of thiocarbonyl (C=S) groups is 1. The van der Waals surface area contributed by atoms with Crippen LogP contribution in [0.2, 0.25) is 5.02 Å². The lowest BCUT2D eigenvalue weighted by molar-refractivity contribution is -0.124. The summed E-state index contributed by atoms with van der Waals surface area (Å²) in [6.07, 6.45) is 0.881. The van der Waals surface area contributed by atoms with Crippen LogP contribution in [0, 0.1) is 0 Å². The summed E-state index contributed by atoms with van der Waals surface area (Å²) in [5, 5.41) is 3.80. The summed E-state index contributed by atoms with van der Waals surface area (Å²) in [6, 6.07) is 23.1. The maximum Gasteiger partial charge on any atom is 0.256 e. The van der Waals surface area contributed by atoms with E-state index in [-0.39, 0.29) is 18.2 Å². The zero-order valence-electron chi connectivity index (χ0n) is 19.3. The highest BCUT2D eigenvalue weighted by atomic mass is 35.5. The van der Waals surface area contributed by atoms with Crippen LogP contribution >= 0.6 is 23.8 Å². The number of carbonyl (C=O) groups is 2. The minimum absolute atomic E-state index is 0.0377. The Bertz CT molecular complexity index is 1190. The molecule has 1 aliphatic heterocycles. The molecule has 4 rings (SSSR count). The molecule has 0 aliphatic carbocycles. The fourth-order valence-corrected chi connectivity index (χ4v) is 4.38. The summed E-state index contributed by atoms with van der Waals surface area (Å²) in [5.74, 6) is 0.227. The van der Waals surface area contributed by atoms with Gasteiger partial charge in [0.2, 0.25) is 5.91 Å². The molecule has 3 aromatic rings. The molecule has 1 N–H and O–H groups in total. The predicted octanol–water partition coefficient (Wildman–Crippen LogP) is 5.66. The molecule has 180 valence electrons. The van der Waals surface area contributed by atoms with Gasteiger partial charge in [-0.25, -0.2) is 0 Å². The first kappa shape index (κ1) is 24.7. The molecule has 1 atom stereocenters. The number of anilines is 2. The SMILES string of the molecule is CCCOc1ccc(NC(=O)C[C@@H]2C(=O)N(c3ccc(Cl)cc3)C(=S)N2Cc2ccccc2)cc1. The number of halogens is 1. The van der Waals surface area contributed by atoms with E-state index in [1.807, 2.05) is 54.3 Å². The van der Waals surface area contributed by atoms with Crippen molar-refractivity contribution in [1.29, 1.82) is 0 Å². The molecule has 0 saturated carbocycles. The molecule has 1 heterocycles. The van der Waals surface area contributed by atoms with E-state index in [2.05, 4.69) is 5.32 Å². The number of ether oxygens (including phenoxy) is 1. The monoisotopic (exact) mass is 507 g/mol. The Labute approximate surface area is 215 Å². The lowest BCUT2D eigenvalue weighted by Crippen LogP contribution is -2.37. The molecule has 0 bridgehead atoms.